The number of amides is 1. The standard InChI is InChI=1S/C17H18N2O5S/c1-12(16(20)19-11-13-5-3-2-4-6-13)24-17(21)14-7-9-15(10-8-14)25(18,22)23/h2-10,12H,11H2,1H3,(H,19,20)(H2,18,22,23)/t12-/m0/s1. The average molecular weight is 362 g/mol. The summed E-state index contributed by atoms with van der Waals surface area (Å²) in [5, 5.41) is 7.66. The van der Waals surface area contributed by atoms with Crippen LogP contribution >= 0.6 is 0 Å². The lowest BCUT2D eigenvalue weighted by Gasteiger charge is -2.13. The SMILES string of the molecule is C[C@H](OC(=O)c1ccc(S(N)(=O)=O)cc1)C(=O)NCc1ccccc1. The molecule has 3 N–H and O–H groups in total. The molecule has 2 aromatic rings. The summed E-state index contributed by atoms with van der Waals surface area (Å²) in [7, 11) is -3.83. The van der Waals surface area contributed by atoms with E-state index in [-0.39, 0.29) is 10.5 Å². The summed E-state index contributed by atoms with van der Waals surface area (Å²) in [5.74, 6) is -1.17. The Balaban J connectivity index is 1.91. The van der Waals surface area contributed by atoms with E-state index in [1.54, 1.807) is 0 Å². The van der Waals surface area contributed by atoms with Crippen LogP contribution in [0.4, 0.5) is 0 Å². The maximum absolute atomic E-state index is 12.0. The van der Waals surface area contributed by atoms with Crippen LogP contribution in [-0.4, -0.2) is 26.4 Å². The molecule has 8 heteroatoms. The number of hydrogen-bond acceptors (Lipinski definition) is 5. The van der Waals surface area contributed by atoms with Crippen LogP contribution in [-0.2, 0) is 26.1 Å². The molecule has 2 rings (SSSR count). The molecule has 1 amide bonds. The Bertz CT molecular complexity index is 848. The summed E-state index contributed by atoms with van der Waals surface area (Å²) in [5.41, 5.74) is 1.04. The lowest BCUT2D eigenvalue weighted by Crippen LogP contribution is -2.35. The van der Waals surface area contributed by atoms with Gasteiger partial charge in [-0.2, -0.15) is 0 Å². The lowest BCUT2D eigenvalue weighted by atomic mass is 10.2. The van der Waals surface area contributed by atoms with E-state index in [0.717, 1.165) is 5.56 Å². The van der Waals surface area contributed by atoms with Gasteiger partial charge in [0.05, 0.1) is 10.5 Å². The van der Waals surface area contributed by atoms with Crippen LogP contribution in [0.2, 0.25) is 0 Å². The van der Waals surface area contributed by atoms with Crippen LogP contribution in [0, 0.1) is 0 Å². The van der Waals surface area contributed by atoms with E-state index in [0.29, 0.717) is 6.54 Å². The molecule has 0 spiro atoms. The number of hydrogen-bond donors (Lipinski definition) is 2. The van der Waals surface area contributed by atoms with E-state index in [1.165, 1.54) is 31.2 Å². The highest BCUT2D eigenvalue weighted by Crippen LogP contribution is 2.11. The van der Waals surface area contributed by atoms with Gasteiger partial charge in [0.2, 0.25) is 10.0 Å². The largest absolute Gasteiger partial charge is 0.449 e. The minimum absolute atomic E-state index is 0.113. The molecule has 0 radical (unpaired) electrons. The van der Waals surface area contributed by atoms with Gasteiger partial charge in [0.25, 0.3) is 5.91 Å². The summed E-state index contributed by atoms with van der Waals surface area (Å²) in [6.45, 7) is 1.78. The number of primary sulfonamides is 1. The highest BCUT2D eigenvalue weighted by molar-refractivity contribution is 7.89. The second-order valence-electron chi connectivity index (χ2n) is 5.32. The number of carbonyl (C=O) groups is 2. The van der Waals surface area contributed by atoms with Crippen molar-refractivity contribution in [3.05, 3.63) is 65.7 Å². The Labute approximate surface area is 145 Å². The molecule has 0 saturated heterocycles. The number of rotatable bonds is 6. The maximum Gasteiger partial charge on any atom is 0.338 e. The van der Waals surface area contributed by atoms with Gasteiger partial charge < -0.3 is 10.1 Å². The first-order valence-electron chi connectivity index (χ1n) is 7.43. The predicted molar refractivity (Wildman–Crippen MR) is 91.0 cm³/mol. The molecule has 2 aromatic carbocycles. The number of sulfonamides is 1. The molecule has 0 bridgehead atoms. The number of esters is 1. The van der Waals surface area contributed by atoms with E-state index in [2.05, 4.69) is 5.32 Å². The fourth-order valence-corrected chi connectivity index (χ4v) is 2.51. The number of nitrogens with one attached hydrogen (secondary N) is 1. The van der Waals surface area contributed by atoms with Crippen molar-refractivity contribution in [2.75, 3.05) is 0 Å². The van der Waals surface area contributed by atoms with E-state index in [9.17, 15) is 18.0 Å². The first-order chi connectivity index (χ1) is 11.8. The number of carbonyl (C=O) groups excluding carboxylic acids is 2. The van der Waals surface area contributed by atoms with Crippen molar-refractivity contribution in [3.8, 4) is 0 Å². The number of ether oxygens (including phenoxy) is 1. The average Bonchev–Trinajstić information content (AvgIpc) is 2.59. The van der Waals surface area contributed by atoms with Gasteiger partial charge in [0.15, 0.2) is 6.10 Å². The monoisotopic (exact) mass is 362 g/mol. The maximum atomic E-state index is 12.0. The van der Waals surface area contributed by atoms with Crippen molar-refractivity contribution < 1.29 is 22.7 Å². The van der Waals surface area contributed by atoms with Crippen LogP contribution in [0.1, 0.15) is 22.8 Å². The second kappa shape index (κ2) is 7.91. The topological polar surface area (TPSA) is 116 Å². The zero-order valence-corrected chi connectivity index (χ0v) is 14.3. The molecule has 0 fully saturated rings. The van der Waals surface area contributed by atoms with Crippen molar-refractivity contribution in [3.63, 3.8) is 0 Å². The molecule has 132 valence electrons. The molecular formula is C17H18N2O5S. The van der Waals surface area contributed by atoms with Crippen LogP contribution < -0.4 is 10.5 Å². The van der Waals surface area contributed by atoms with E-state index in [4.69, 9.17) is 9.88 Å². The molecule has 0 saturated carbocycles. The lowest BCUT2D eigenvalue weighted by molar-refractivity contribution is -0.129. The van der Waals surface area contributed by atoms with E-state index < -0.39 is 28.0 Å². The molecule has 0 aliphatic carbocycles. The summed E-state index contributed by atoms with van der Waals surface area (Å²) in [6.07, 6.45) is -0.992. The quantitative estimate of drug-likeness (QED) is 0.749. The molecule has 0 aliphatic heterocycles. The van der Waals surface area contributed by atoms with E-state index in [1.807, 2.05) is 30.3 Å². The molecule has 0 heterocycles. The zero-order chi connectivity index (χ0) is 18.4. The Kier molecular flexibility index (Phi) is 5.89. The minimum atomic E-state index is -3.83. The van der Waals surface area contributed by atoms with Gasteiger partial charge in [-0.15, -0.1) is 0 Å². The number of nitrogens with two attached hydrogens (primary N) is 1. The molecule has 0 aromatic heterocycles. The molecule has 1 atom stereocenters. The third-order valence-corrected chi connectivity index (χ3v) is 4.31. The summed E-state index contributed by atoms with van der Waals surface area (Å²) in [4.78, 5) is 23.9. The second-order valence-corrected chi connectivity index (χ2v) is 6.88. The molecular weight excluding hydrogens is 344 g/mol. The highest BCUT2D eigenvalue weighted by Gasteiger charge is 2.19. The van der Waals surface area contributed by atoms with Crippen LogP contribution in [0.25, 0.3) is 0 Å². The van der Waals surface area contributed by atoms with Crippen LogP contribution in [0.3, 0.4) is 0 Å². The fourth-order valence-electron chi connectivity index (χ4n) is 1.99. The smallest absolute Gasteiger partial charge is 0.338 e. The van der Waals surface area contributed by atoms with Crippen molar-refractivity contribution in [1.82, 2.24) is 5.32 Å². The third kappa shape index (κ3) is 5.40. The molecule has 0 aliphatic rings. The van der Waals surface area contributed by atoms with E-state index >= 15 is 0 Å². The van der Waals surface area contributed by atoms with Crippen LogP contribution in [0.5, 0.6) is 0 Å². The number of benzene rings is 2. The van der Waals surface area contributed by atoms with Gasteiger partial charge >= 0.3 is 5.97 Å². The van der Waals surface area contributed by atoms with Crippen molar-refractivity contribution in [2.45, 2.75) is 24.5 Å². The van der Waals surface area contributed by atoms with Gasteiger partial charge in [-0.05, 0) is 36.8 Å². The van der Waals surface area contributed by atoms with Gasteiger partial charge in [-0.1, -0.05) is 30.3 Å². The van der Waals surface area contributed by atoms with Crippen LogP contribution in [0.15, 0.2) is 59.5 Å². The molecule has 25 heavy (non-hydrogen) atoms. The predicted octanol–water partition coefficient (Wildman–Crippen LogP) is 1.20. The Morgan fingerprint density at radius 3 is 2.24 bits per heavy atom. The third-order valence-electron chi connectivity index (χ3n) is 3.38. The minimum Gasteiger partial charge on any atom is -0.449 e. The van der Waals surface area contributed by atoms with Gasteiger partial charge in [0.1, 0.15) is 0 Å². The van der Waals surface area contributed by atoms with Crippen molar-refractivity contribution in [1.29, 1.82) is 0 Å². The van der Waals surface area contributed by atoms with Gasteiger partial charge in [-0.3, -0.25) is 4.79 Å². The molecule has 0 unspecified atom stereocenters. The van der Waals surface area contributed by atoms with Crippen molar-refractivity contribution in [2.24, 2.45) is 5.14 Å². The zero-order valence-electron chi connectivity index (χ0n) is 13.5. The van der Waals surface area contributed by atoms with Gasteiger partial charge in [-0.25, -0.2) is 18.4 Å². The summed E-state index contributed by atoms with van der Waals surface area (Å²) >= 11 is 0. The normalized spacial score (nSPS) is 12.2. The van der Waals surface area contributed by atoms with Crippen molar-refractivity contribution >= 4 is 21.9 Å². The Morgan fingerprint density at radius 1 is 1.08 bits per heavy atom. The first-order valence-corrected chi connectivity index (χ1v) is 8.97. The molecule has 7 nitrogen and oxygen atoms in total. The Morgan fingerprint density at radius 2 is 1.68 bits per heavy atom. The van der Waals surface area contributed by atoms with Gasteiger partial charge in [0, 0.05) is 6.54 Å². The highest BCUT2D eigenvalue weighted by atomic mass is 32.2. The fraction of sp³-hybridized carbons (Fsp3) is 0.176. The summed E-state index contributed by atoms with van der Waals surface area (Å²) in [6, 6.07) is 14.3. The summed E-state index contributed by atoms with van der Waals surface area (Å²) < 4.78 is 27.4. The first kappa shape index (κ1) is 18.6. The Hall–Kier alpha value is -2.71.